The number of benzene rings is 1. The minimum absolute atomic E-state index is 0.00653. The fraction of sp³-hybridized carbons (Fsp3) is 0.526. The zero-order valence-electron chi connectivity index (χ0n) is 16.5. The van der Waals surface area contributed by atoms with Crippen LogP contribution < -0.4 is 5.76 Å². The van der Waals surface area contributed by atoms with Crippen LogP contribution in [-0.4, -0.2) is 40.5 Å². The lowest BCUT2D eigenvalue weighted by molar-refractivity contribution is 0.286. The van der Waals surface area contributed by atoms with Gasteiger partial charge < -0.3 is 8.94 Å². The Kier molecular flexibility index (Phi) is 5.30. The topological polar surface area (TPSA) is 111 Å². The minimum atomic E-state index is -3.67. The second-order valence-electron chi connectivity index (χ2n) is 7.35. The summed E-state index contributed by atoms with van der Waals surface area (Å²) in [4.78, 5) is 16.6. The number of aryl methyl sites for hydroxylation is 1. The van der Waals surface area contributed by atoms with E-state index in [4.69, 9.17) is 8.94 Å². The zero-order valence-corrected chi connectivity index (χ0v) is 17.3. The highest BCUT2D eigenvalue weighted by Crippen LogP contribution is 2.28. The third-order valence-corrected chi connectivity index (χ3v) is 7.42. The predicted octanol–water partition coefficient (Wildman–Crippen LogP) is 2.54. The van der Waals surface area contributed by atoms with Gasteiger partial charge in [-0.25, -0.2) is 13.2 Å². The second-order valence-corrected chi connectivity index (χ2v) is 9.35. The van der Waals surface area contributed by atoms with Crippen LogP contribution in [0.25, 0.3) is 11.1 Å². The summed E-state index contributed by atoms with van der Waals surface area (Å²) >= 11 is 0. The third-order valence-electron chi connectivity index (χ3n) is 5.52. The number of hydrogen-bond acceptors (Lipinski definition) is 7. The molecular weight excluding hydrogens is 396 g/mol. The molecule has 0 spiro atoms. The van der Waals surface area contributed by atoms with Gasteiger partial charge in [0.15, 0.2) is 11.4 Å². The van der Waals surface area contributed by atoms with Gasteiger partial charge in [-0.15, -0.1) is 0 Å². The van der Waals surface area contributed by atoms with E-state index in [-0.39, 0.29) is 23.1 Å². The van der Waals surface area contributed by atoms with Crippen LogP contribution in [0.1, 0.15) is 50.7 Å². The van der Waals surface area contributed by atoms with Crippen LogP contribution in [0.4, 0.5) is 0 Å². The molecule has 1 saturated carbocycles. The first kappa shape index (κ1) is 19.8. The SMILES string of the molecule is CCc1nc(Cn2c(=O)oc3cc(S(=O)(=O)N(C)C4CCCCC4)ccc32)no1. The molecule has 0 saturated heterocycles. The maximum absolute atomic E-state index is 13.1. The van der Waals surface area contributed by atoms with Crippen LogP contribution in [0.15, 0.2) is 36.8 Å². The molecule has 0 N–H and O–H groups in total. The standard InChI is InChI=1S/C19H24N4O5S/c1-3-18-20-17(21-28-18)12-23-15-10-9-14(11-16(15)27-19(23)24)29(25,26)22(2)13-7-5-4-6-8-13/h9-11,13H,3-8,12H2,1-2H3. The fourth-order valence-electron chi connectivity index (χ4n) is 3.80. The van der Waals surface area contributed by atoms with E-state index in [1.165, 1.54) is 21.0 Å². The maximum Gasteiger partial charge on any atom is 0.420 e. The number of sulfonamides is 1. The van der Waals surface area contributed by atoms with E-state index < -0.39 is 15.8 Å². The number of nitrogens with zero attached hydrogens (tertiary/aromatic N) is 4. The smallest absolute Gasteiger partial charge is 0.408 e. The Bertz CT molecular complexity index is 1170. The summed E-state index contributed by atoms with van der Waals surface area (Å²) in [6.07, 6.45) is 5.56. The molecule has 3 aromatic rings. The van der Waals surface area contributed by atoms with Gasteiger partial charge in [0.2, 0.25) is 15.9 Å². The van der Waals surface area contributed by atoms with Crippen molar-refractivity contribution in [1.29, 1.82) is 0 Å². The molecule has 0 amide bonds. The van der Waals surface area contributed by atoms with Crippen molar-refractivity contribution in [3.8, 4) is 0 Å². The van der Waals surface area contributed by atoms with Crippen molar-refractivity contribution >= 4 is 21.1 Å². The Morgan fingerprint density at radius 1 is 1.24 bits per heavy atom. The van der Waals surface area contributed by atoms with Gasteiger partial charge in [0.1, 0.15) is 0 Å². The normalized spacial score (nSPS) is 16.1. The molecule has 0 unspecified atom stereocenters. The van der Waals surface area contributed by atoms with Crippen LogP contribution in [0.3, 0.4) is 0 Å². The summed E-state index contributed by atoms with van der Waals surface area (Å²) in [6.45, 7) is 1.98. The molecule has 1 aromatic carbocycles. The molecule has 0 radical (unpaired) electrons. The Morgan fingerprint density at radius 2 is 2.00 bits per heavy atom. The van der Waals surface area contributed by atoms with Crippen molar-refractivity contribution in [2.24, 2.45) is 0 Å². The average molecular weight is 420 g/mol. The van der Waals surface area contributed by atoms with E-state index >= 15 is 0 Å². The van der Waals surface area contributed by atoms with Crippen LogP contribution in [0.5, 0.6) is 0 Å². The molecule has 2 aromatic heterocycles. The lowest BCUT2D eigenvalue weighted by atomic mass is 9.96. The highest BCUT2D eigenvalue weighted by molar-refractivity contribution is 7.89. The first-order valence-electron chi connectivity index (χ1n) is 9.83. The molecule has 10 heteroatoms. The third kappa shape index (κ3) is 3.74. The van der Waals surface area contributed by atoms with E-state index in [0.717, 1.165) is 32.1 Å². The number of hydrogen-bond donors (Lipinski definition) is 0. The molecule has 156 valence electrons. The van der Waals surface area contributed by atoms with E-state index in [9.17, 15) is 13.2 Å². The summed E-state index contributed by atoms with van der Waals surface area (Å²) < 4.78 is 39.3. The van der Waals surface area contributed by atoms with Gasteiger partial charge in [0.05, 0.1) is 17.0 Å². The average Bonchev–Trinajstić information content (AvgIpc) is 3.32. The van der Waals surface area contributed by atoms with Gasteiger partial charge in [-0.1, -0.05) is 31.3 Å². The second kappa shape index (κ2) is 7.75. The Morgan fingerprint density at radius 3 is 2.69 bits per heavy atom. The summed E-state index contributed by atoms with van der Waals surface area (Å²) in [6, 6.07) is 4.51. The van der Waals surface area contributed by atoms with Gasteiger partial charge in [0.25, 0.3) is 0 Å². The van der Waals surface area contributed by atoms with Crippen LogP contribution >= 0.6 is 0 Å². The quantitative estimate of drug-likeness (QED) is 0.602. The highest BCUT2D eigenvalue weighted by Gasteiger charge is 2.29. The molecular formula is C19H24N4O5S. The van der Waals surface area contributed by atoms with Crippen molar-refractivity contribution in [2.45, 2.75) is 62.9 Å². The number of fused-ring (bicyclic) bond motifs is 1. The maximum atomic E-state index is 13.1. The van der Waals surface area contributed by atoms with Crippen LogP contribution in [0, 0.1) is 0 Å². The lowest BCUT2D eigenvalue weighted by Crippen LogP contribution is -2.38. The molecule has 29 heavy (non-hydrogen) atoms. The first-order valence-corrected chi connectivity index (χ1v) is 11.3. The zero-order chi connectivity index (χ0) is 20.6. The Labute approximate surface area is 168 Å². The van der Waals surface area contributed by atoms with Crippen LogP contribution in [0.2, 0.25) is 0 Å². The molecule has 0 bridgehead atoms. The van der Waals surface area contributed by atoms with E-state index in [1.807, 2.05) is 6.92 Å². The largest absolute Gasteiger partial charge is 0.420 e. The summed E-state index contributed by atoms with van der Waals surface area (Å²) in [5.41, 5.74) is 0.699. The predicted molar refractivity (Wildman–Crippen MR) is 105 cm³/mol. The molecule has 9 nitrogen and oxygen atoms in total. The Balaban J connectivity index is 1.65. The fourth-order valence-corrected chi connectivity index (χ4v) is 5.24. The van der Waals surface area contributed by atoms with Gasteiger partial charge in [-0.3, -0.25) is 4.57 Å². The monoisotopic (exact) mass is 420 g/mol. The summed E-state index contributed by atoms with van der Waals surface area (Å²) in [5, 5.41) is 3.85. The molecule has 1 aliphatic carbocycles. The molecule has 1 fully saturated rings. The van der Waals surface area contributed by atoms with E-state index in [2.05, 4.69) is 10.1 Å². The number of oxazole rings is 1. The van der Waals surface area contributed by atoms with Gasteiger partial charge in [0, 0.05) is 25.6 Å². The molecule has 1 aliphatic rings. The van der Waals surface area contributed by atoms with Crippen molar-refractivity contribution in [3.05, 3.63) is 40.5 Å². The molecule has 2 heterocycles. The highest BCUT2D eigenvalue weighted by atomic mass is 32.2. The minimum Gasteiger partial charge on any atom is -0.408 e. The van der Waals surface area contributed by atoms with Gasteiger partial charge in [-0.05, 0) is 25.0 Å². The molecule has 4 rings (SSSR count). The van der Waals surface area contributed by atoms with Gasteiger partial charge >= 0.3 is 5.76 Å². The van der Waals surface area contributed by atoms with Crippen molar-refractivity contribution < 1.29 is 17.4 Å². The van der Waals surface area contributed by atoms with Crippen LogP contribution in [-0.2, 0) is 23.0 Å². The van der Waals surface area contributed by atoms with Crippen molar-refractivity contribution in [2.75, 3.05) is 7.05 Å². The molecule has 0 atom stereocenters. The first-order chi connectivity index (χ1) is 13.9. The Hall–Kier alpha value is -2.46. The van der Waals surface area contributed by atoms with E-state index in [1.54, 1.807) is 13.1 Å². The van der Waals surface area contributed by atoms with E-state index in [0.29, 0.717) is 23.7 Å². The number of aromatic nitrogens is 3. The van der Waals surface area contributed by atoms with Crippen molar-refractivity contribution in [1.82, 2.24) is 19.0 Å². The van der Waals surface area contributed by atoms with Gasteiger partial charge in [-0.2, -0.15) is 9.29 Å². The number of rotatable bonds is 6. The lowest BCUT2D eigenvalue weighted by Gasteiger charge is -2.30. The van der Waals surface area contributed by atoms with Crippen molar-refractivity contribution in [3.63, 3.8) is 0 Å². The molecule has 0 aliphatic heterocycles. The summed E-state index contributed by atoms with van der Waals surface area (Å²) in [5.74, 6) is 0.249. The summed E-state index contributed by atoms with van der Waals surface area (Å²) in [7, 11) is -2.05.